The normalized spacial score (nSPS) is 10.2. The first-order valence-electron chi connectivity index (χ1n) is 5.12. The van der Waals surface area contributed by atoms with Gasteiger partial charge in [-0.25, -0.2) is 4.68 Å². The maximum Gasteiger partial charge on any atom is 0.121 e. The van der Waals surface area contributed by atoms with Gasteiger partial charge in [-0.2, -0.15) is 5.10 Å². The van der Waals surface area contributed by atoms with E-state index < -0.39 is 0 Å². The maximum absolute atomic E-state index is 5.62. The minimum atomic E-state index is 0.358. The number of thiocarbonyl (C=S) groups is 1. The number of benzene rings is 1. The average molecular weight is 247 g/mol. The highest BCUT2D eigenvalue weighted by Gasteiger charge is 2.10. The van der Waals surface area contributed by atoms with Crippen molar-refractivity contribution in [3.63, 3.8) is 0 Å². The molecule has 0 spiro atoms. The lowest BCUT2D eigenvalue weighted by atomic mass is 10.2. The van der Waals surface area contributed by atoms with Crippen LogP contribution < -0.4 is 10.5 Å². The summed E-state index contributed by atoms with van der Waals surface area (Å²) >= 11 is 4.96. The van der Waals surface area contributed by atoms with E-state index in [4.69, 9.17) is 22.7 Å². The van der Waals surface area contributed by atoms with Crippen LogP contribution in [0, 0.1) is 6.92 Å². The molecular weight excluding hydrogens is 234 g/mol. The minimum absolute atomic E-state index is 0.358. The van der Waals surface area contributed by atoms with Crippen molar-refractivity contribution >= 4 is 17.2 Å². The SMILES string of the molecule is COc1cccc(-n2ncc(C(N)=S)c2C)c1. The zero-order valence-electron chi connectivity index (χ0n) is 9.68. The molecule has 2 rings (SSSR count). The molecule has 1 heterocycles. The molecule has 0 bridgehead atoms. The van der Waals surface area contributed by atoms with Gasteiger partial charge < -0.3 is 10.5 Å². The number of aromatic nitrogens is 2. The Balaban J connectivity index is 2.49. The minimum Gasteiger partial charge on any atom is -0.497 e. The molecule has 0 saturated carbocycles. The standard InChI is InChI=1S/C12H13N3OS/c1-8-11(12(13)17)7-14-15(8)9-4-3-5-10(6-9)16-2/h3-7H,1-2H3,(H2,13,17). The zero-order chi connectivity index (χ0) is 12.4. The van der Waals surface area contributed by atoms with Gasteiger partial charge in [-0.1, -0.05) is 18.3 Å². The van der Waals surface area contributed by atoms with E-state index in [9.17, 15) is 0 Å². The molecule has 0 aliphatic rings. The second-order valence-corrected chi connectivity index (χ2v) is 4.06. The quantitative estimate of drug-likeness (QED) is 0.841. The lowest BCUT2D eigenvalue weighted by Crippen LogP contribution is -2.10. The van der Waals surface area contributed by atoms with Crippen molar-refractivity contribution in [1.82, 2.24) is 9.78 Å². The summed E-state index contributed by atoms with van der Waals surface area (Å²) < 4.78 is 6.97. The Morgan fingerprint density at radius 3 is 2.82 bits per heavy atom. The Bertz CT molecular complexity index is 563. The van der Waals surface area contributed by atoms with Crippen LogP contribution in [-0.2, 0) is 0 Å². The summed E-state index contributed by atoms with van der Waals surface area (Å²) in [7, 11) is 1.63. The fraction of sp³-hybridized carbons (Fsp3) is 0.167. The third kappa shape index (κ3) is 2.14. The van der Waals surface area contributed by atoms with Crippen LogP contribution in [-0.4, -0.2) is 21.9 Å². The third-order valence-electron chi connectivity index (χ3n) is 2.57. The van der Waals surface area contributed by atoms with Crippen molar-refractivity contribution in [3.05, 3.63) is 41.7 Å². The third-order valence-corrected chi connectivity index (χ3v) is 2.79. The van der Waals surface area contributed by atoms with E-state index in [1.54, 1.807) is 18.0 Å². The zero-order valence-corrected chi connectivity index (χ0v) is 10.5. The molecule has 2 aromatic rings. The number of hydrogen-bond donors (Lipinski definition) is 1. The van der Waals surface area contributed by atoms with Crippen LogP contribution >= 0.6 is 12.2 Å². The first-order valence-corrected chi connectivity index (χ1v) is 5.53. The monoisotopic (exact) mass is 247 g/mol. The molecule has 0 radical (unpaired) electrons. The molecule has 1 aromatic carbocycles. The van der Waals surface area contributed by atoms with Crippen LogP contribution in [0.1, 0.15) is 11.3 Å². The first kappa shape index (κ1) is 11.6. The summed E-state index contributed by atoms with van der Waals surface area (Å²) in [6, 6.07) is 7.65. The number of rotatable bonds is 3. The Kier molecular flexibility index (Phi) is 3.10. The van der Waals surface area contributed by atoms with Gasteiger partial charge in [0.2, 0.25) is 0 Å². The Morgan fingerprint density at radius 2 is 2.24 bits per heavy atom. The van der Waals surface area contributed by atoms with Crippen molar-refractivity contribution in [1.29, 1.82) is 0 Å². The number of methoxy groups -OCH3 is 1. The number of nitrogens with two attached hydrogens (primary N) is 1. The van der Waals surface area contributed by atoms with E-state index in [-0.39, 0.29) is 0 Å². The summed E-state index contributed by atoms with van der Waals surface area (Å²) in [5.74, 6) is 0.786. The lowest BCUT2D eigenvalue weighted by molar-refractivity contribution is 0.414. The summed E-state index contributed by atoms with van der Waals surface area (Å²) in [5, 5.41) is 4.28. The summed E-state index contributed by atoms with van der Waals surface area (Å²) in [5.41, 5.74) is 8.25. The van der Waals surface area contributed by atoms with E-state index in [1.165, 1.54) is 0 Å². The smallest absolute Gasteiger partial charge is 0.121 e. The second-order valence-electron chi connectivity index (χ2n) is 3.62. The molecule has 1 aromatic heterocycles. The average Bonchev–Trinajstić information content (AvgIpc) is 2.71. The van der Waals surface area contributed by atoms with E-state index in [2.05, 4.69) is 5.10 Å². The number of nitrogens with zero attached hydrogens (tertiary/aromatic N) is 2. The first-order chi connectivity index (χ1) is 8.13. The van der Waals surface area contributed by atoms with Crippen LogP contribution in [0.5, 0.6) is 5.75 Å². The molecule has 88 valence electrons. The molecule has 5 heteroatoms. The molecule has 0 aliphatic carbocycles. The van der Waals surface area contributed by atoms with Gasteiger partial charge in [0.05, 0.1) is 30.3 Å². The highest BCUT2D eigenvalue weighted by Crippen LogP contribution is 2.18. The van der Waals surface area contributed by atoms with Crippen LogP contribution in [0.25, 0.3) is 5.69 Å². The van der Waals surface area contributed by atoms with Gasteiger partial charge >= 0.3 is 0 Å². The topological polar surface area (TPSA) is 53.1 Å². The molecule has 17 heavy (non-hydrogen) atoms. The molecule has 0 saturated heterocycles. The highest BCUT2D eigenvalue weighted by atomic mass is 32.1. The van der Waals surface area contributed by atoms with Gasteiger partial charge in [-0.05, 0) is 19.1 Å². The van der Waals surface area contributed by atoms with Crippen molar-refractivity contribution in [2.75, 3.05) is 7.11 Å². The molecule has 0 fully saturated rings. The fourth-order valence-electron chi connectivity index (χ4n) is 1.65. The van der Waals surface area contributed by atoms with Crippen LogP contribution in [0.3, 0.4) is 0 Å². The van der Waals surface area contributed by atoms with Crippen LogP contribution in [0.15, 0.2) is 30.5 Å². The van der Waals surface area contributed by atoms with Crippen LogP contribution in [0.2, 0.25) is 0 Å². The number of ether oxygens (including phenoxy) is 1. The number of hydrogen-bond acceptors (Lipinski definition) is 3. The lowest BCUT2D eigenvalue weighted by Gasteiger charge is -2.07. The molecule has 0 aliphatic heterocycles. The predicted octanol–water partition coefficient (Wildman–Crippen LogP) is 1.82. The van der Waals surface area contributed by atoms with E-state index in [0.29, 0.717) is 4.99 Å². The molecule has 0 unspecified atom stereocenters. The molecular formula is C12H13N3OS. The van der Waals surface area contributed by atoms with E-state index >= 15 is 0 Å². The van der Waals surface area contributed by atoms with Gasteiger partial charge in [0.15, 0.2) is 0 Å². The van der Waals surface area contributed by atoms with Gasteiger partial charge in [0, 0.05) is 6.07 Å². The largest absolute Gasteiger partial charge is 0.497 e. The van der Waals surface area contributed by atoms with Gasteiger partial charge in [-0.3, -0.25) is 0 Å². The van der Waals surface area contributed by atoms with Crippen LogP contribution in [0.4, 0.5) is 0 Å². The second kappa shape index (κ2) is 4.55. The molecule has 0 atom stereocenters. The Hall–Kier alpha value is -1.88. The fourth-order valence-corrected chi connectivity index (χ4v) is 1.85. The van der Waals surface area contributed by atoms with Gasteiger partial charge in [-0.15, -0.1) is 0 Å². The maximum atomic E-state index is 5.62. The summed E-state index contributed by atoms with van der Waals surface area (Å²) in [6.45, 7) is 1.93. The van der Waals surface area contributed by atoms with Crippen molar-refractivity contribution in [2.24, 2.45) is 5.73 Å². The summed E-state index contributed by atoms with van der Waals surface area (Å²) in [4.78, 5) is 0.358. The molecule has 4 nitrogen and oxygen atoms in total. The van der Waals surface area contributed by atoms with Crippen molar-refractivity contribution in [2.45, 2.75) is 6.92 Å². The highest BCUT2D eigenvalue weighted by molar-refractivity contribution is 7.80. The Morgan fingerprint density at radius 1 is 1.47 bits per heavy atom. The molecule has 0 amide bonds. The van der Waals surface area contributed by atoms with E-state index in [0.717, 1.165) is 22.7 Å². The van der Waals surface area contributed by atoms with Gasteiger partial charge in [0.1, 0.15) is 10.7 Å². The Labute approximate surface area is 105 Å². The predicted molar refractivity (Wildman–Crippen MR) is 70.7 cm³/mol. The molecule has 2 N–H and O–H groups in total. The van der Waals surface area contributed by atoms with E-state index in [1.807, 2.05) is 31.2 Å². The van der Waals surface area contributed by atoms with Crippen molar-refractivity contribution in [3.8, 4) is 11.4 Å². The summed E-state index contributed by atoms with van der Waals surface area (Å²) in [6.07, 6.45) is 1.68. The van der Waals surface area contributed by atoms with Crippen molar-refractivity contribution < 1.29 is 4.74 Å². The van der Waals surface area contributed by atoms with Gasteiger partial charge in [0.25, 0.3) is 0 Å².